The van der Waals surface area contributed by atoms with Crippen molar-refractivity contribution >= 4 is 15.7 Å². The van der Waals surface area contributed by atoms with E-state index in [0.717, 1.165) is 31.7 Å². The molecule has 4 nitrogen and oxygen atoms in total. The second-order valence-electron chi connectivity index (χ2n) is 6.07. The lowest BCUT2D eigenvalue weighted by atomic mass is 9.87. The first-order valence-corrected chi connectivity index (χ1v) is 8.71. The summed E-state index contributed by atoms with van der Waals surface area (Å²) in [5.41, 5.74) is 5.85. The Kier molecular flexibility index (Phi) is 4.58. The van der Waals surface area contributed by atoms with Crippen LogP contribution in [-0.2, 0) is 10.0 Å². The van der Waals surface area contributed by atoms with Crippen LogP contribution in [0.4, 0.5) is 10.1 Å². The highest BCUT2D eigenvalue weighted by molar-refractivity contribution is 7.89. The Hall–Kier alpha value is -1.14. The molecule has 1 aliphatic carbocycles. The third-order valence-electron chi connectivity index (χ3n) is 4.40. The van der Waals surface area contributed by atoms with E-state index in [0.29, 0.717) is 5.92 Å². The van der Waals surface area contributed by atoms with E-state index < -0.39 is 15.8 Å². The Morgan fingerprint density at radius 3 is 2.62 bits per heavy atom. The van der Waals surface area contributed by atoms with E-state index in [-0.39, 0.29) is 22.2 Å². The number of nitrogens with zero attached hydrogens (tertiary/aromatic N) is 1. The van der Waals surface area contributed by atoms with E-state index in [2.05, 4.69) is 6.92 Å². The van der Waals surface area contributed by atoms with Crippen LogP contribution >= 0.6 is 0 Å². The summed E-state index contributed by atoms with van der Waals surface area (Å²) < 4.78 is 40.7. The number of nitrogen functional groups attached to an aromatic ring is 1. The Morgan fingerprint density at radius 2 is 2.00 bits per heavy atom. The number of hydrogen-bond acceptors (Lipinski definition) is 3. The summed E-state index contributed by atoms with van der Waals surface area (Å²) >= 11 is 0. The van der Waals surface area contributed by atoms with Crippen LogP contribution in [0.15, 0.2) is 17.0 Å². The van der Waals surface area contributed by atoms with Crippen LogP contribution in [0.2, 0.25) is 0 Å². The van der Waals surface area contributed by atoms with Gasteiger partial charge in [-0.2, -0.15) is 4.31 Å². The van der Waals surface area contributed by atoms with Crippen molar-refractivity contribution in [1.29, 1.82) is 0 Å². The Labute approximate surface area is 126 Å². The predicted octanol–water partition coefficient (Wildman–Crippen LogP) is 2.92. The summed E-state index contributed by atoms with van der Waals surface area (Å²) in [5, 5.41) is 0. The first-order valence-electron chi connectivity index (χ1n) is 7.27. The minimum Gasteiger partial charge on any atom is -0.399 e. The SMILES string of the molecule is Cc1c(F)cc(N)cc1S(=O)(=O)N(C)C1CCCC(C)C1. The average molecular weight is 314 g/mol. The number of anilines is 1. The molecular weight excluding hydrogens is 291 g/mol. The van der Waals surface area contributed by atoms with Gasteiger partial charge in [-0.05, 0) is 37.8 Å². The number of nitrogens with two attached hydrogens (primary N) is 1. The number of halogens is 1. The largest absolute Gasteiger partial charge is 0.399 e. The van der Waals surface area contributed by atoms with Crippen LogP contribution in [0.25, 0.3) is 0 Å². The van der Waals surface area contributed by atoms with Gasteiger partial charge in [-0.3, -0.25) is 0 Å². The second-order valence-corrected chi connectivity index (χ2v) is 8.04. The van der Waals surface area contributed by atoms with Crippen LogP contribution in [0.3, 0.4) is 0 Å². The molecule has 1 aromatic carbocycles. The maximum atomic E-state index is 13.8. The van der Waals surface area contributed by atoms with Crippen molar-refractivity contribution in [3.05, 3.63) is 23.5 Å². The average Bonchev–Trinajstić information content (AvgIpc) is 2.41. The van der Waals surface area contributed by atoms with Crippen LogP contribution in [0, 0.1) is 18.7 Å². The zero-order valence-electron chi connectivity index (χ0n) is 12.8. The van der Waals surface area contributed by atoms with E-state index in [1.165, 1.54) is 17.3 Å². The monoisotopic (exact) mass is 314 g/mol. The number of benzene rings is 1. The van der Waals surface area contributed by atoms with Gasteiger partial charge in [-0.1, -0.05) is 19.8 Å². The summed E-state index contributed by atoms with van der Waals surface area (Å²) in [4.78, 5) is -0.0271. The maximum absolute atomic E-state index is 13.8. The zero-order valence-corrected chi connectivity index (χ0v) is 13.6. The molecule has 0 aliphatic heterocycles. The minimum atomic E-state index is -3.72. The smallest absolute Gasteiger partial charge is 0.243 e. The van der Waals surface area contributed by atoms with E-state index in [9.17, 15) is 12.8 Å². The van der Waals surface area contributed by atoms with Crippen LogP contribution < -0.4 is 5.73 Å². The van der Waals surface area contributed by atoms with Crippen LogP contribution in [-0.4, -0.2) is 25.8 Å². The van der Waals surface area contributed by atoms with Crippen LogP contribution in [0.5, 0.6) is 0 Å². The Bertz CT molecular complexity index is 631. The molecule has 2 N–H and O–H groups in total. The second kappa shape index (κ2) is 5.93. The molecule has 1 aromatic rings. The highest BCUT2D eigenvalue weighted by Gasteiger charge is 2.32. The van der Waals surface area contributed by atoms with Crippen molar-refractivity contribution in [2.45, 2.75) is 50.5 Å². The highest BCUT2D eigenvalue weighted by Crippen LogP contribution is 2.31. The fourth-order valence-electron chi connectivity index (χ4n) is 3.03. The molecule has 6 heteroatoms. The van der Waals surface area contributed by atoms with Gasteiger partial charge in [0, 0.05) is 24.3 Å². The van der Waals surface area contributed by atoms with Crippen molar-refractivity contribution in [3.8, 4) is 0 Å². The summed E-state index contributed by atoms with van der Waals surface area (Å²) in [6.07, 6.45) is 3.86. The summed E-state index contributed by atoms with van der Waals surface area (Å²) in [6.45, 7) is 3.61. The number of sulfonamides is 1. The van der Waals surface area contributed by atoms with Crippen molar-refractivity contribution in [1.82, 2.24) is 4.31 Å². The van der Waals surface area contributed by atoms with Gasteiger partial charge in [0.25, 0.3) is 0 Å². The molecule has 1 aliphatic rings. The fourth-order valence-corrected chi connectivity index (χ4v) is 4.69. The van der Waals surface area contributed by atoms with E-state index in [1.54, 1.807) is 7.05 Å². The molecule has 0 saturated heterocycles. The molecule has 0 aromatic heterocycles. The normalized spacial score (nSPS) is 23.5. The molecule has 2 unspecified atom stereocenters. The maximum Gasteiger partial charge on any atom is 0.243 e. The lowest BCUT2D eigenvalue weighted by Crippen LogP contribution is -2.40. The summed E-state index contributed by atoms with van der Waals surface area (Å²) in [6, 6.07) is 2.47. The summed E-state index contributed by atoms with van der Waals surface area (Å²) in [7, 11) is -2.14. The van der Waals surface area contributed by atoms with Gasteiger partial charge in [-0.15, -0.1) is 0 Å². The van der Waals surface area contributed by atoms with Crippen LogP contribution in [0.1, 0.15) is 38.2 Å². The molecule has 0 bridgehead atoms. The number of hydrogen-bond donors (Lipinski definition) is 1. The lowest BCUT2D eigenvalue weighted by molar-refractivity contribution is 0.239. The fraction of sp³-hybridized carbons (Fsp3) is 0.600. The molecular formula is C15H23FN2O2S. The predicted molar refractivity (Wildman–Crippen MR) is 81.9 cm³/mol. The quantitative estimate of drug-likeness (QED) is 0.873. The third-order valence-corrected chi connectivity index (χ3v) is 6.44. The molecule has 21 heavy (non-hydrogen) atoms. The van der Waals surface area contributed by atoms with Gasteiger partial charge in [-0.25, -0.2) is 12.8 Å². The zero-order chi connectivity index (χ0) is 15.8. The molecule has 0 amide bonds. The van der Waals surface area contributed by atoms with Crippen molar-refractivity contribution < 1.29 is 12.8 Å². The van der Waals surface area contributed by atoms with Crippen molar-refractivity contribution in [3.63, 3.8) is 0 Å². The van der Waals surface area contributed by atoms with Crippen molar-refractivity contribution in [2.75, 3.05) is 12.8 Å². The molecule has 118 valence electrons. The van der Waals surface area contributed by atoms with Crippen molar-refractivity contribution in [2.24, 2.45) is 5.92 Å². The van der Waals surface area contributed by atoms with Gasteiger partial charge in [0.1, 0.15) is 5.82 Å². The van der Waals surface area contributed by atoms with Gasteiger partial charge < -0.3 is 5.73 Å². The lowest BCUT2D eigenvalue weighted by Gasteiger charge is -2.33. The molecule has 2 rings (SSSR count). The highest BCUT2D eigenvalue weighted by atomic mass is 32.2. The van der Waals surface area contributed by atoms with Gasteiger partial charge in [0.05, 0.1) is 4.90 Å². The Morgan fingerprint density at radius 1 is 1.33 bits per heavy atom. The molecule has 1 fully saturated rings. The first-order chi connectivity index (χ1) is 9.73. The molecule has 0 radical (unpaired) electrons. The molecule has 1 saturated carbocycles. The minimum absolute atomic E-state index is 0.0253. The standard InChI is InChI=1S/C15H23FN2O2S/c1-10-5-4-6-13(7-10)18(3)21(19,20)15-9-12(17)8-14(16)11(15)2/h8-10,13H,4-7,17H2,1-3H3. The van der Waals surface area contributed by atoms with Gasteiger partial charge >= 0.3 is 0 Å². The first kappa shape index (κ1) is 16.2. The third kappa shape index (κ3) is 3.21. The molecule has 0 spiro atoms. The number of rotatable bonds is 3. The van der Waals surface area contributed by atoms with E-state index >= 15 is 0 Å². The van der Waals surface area contributed by atoms with Gasteiger partial charge in [0.15, 0.2) is 0 Å². The topological polar surface area (TPSA) is 63.4 Å². The van der Waals surface area contributed by atoms with E-state index in [1.807, 2.05) is 0 Å². The molecule has 2 atom stereocenters. The van der Waals surface area contributed by atoms with E-state index in [4.69, 9.17) is 5.73 Å². The van der Waals surface area contributed by atoms with Gasteiger partial charge in [0.2, 0.25) is 10.0 Å². The Balaban J connectivity index is 2.37. The summed E-state index contributed by atoms with van der Waals surface area (Å²) in [5.74, 6) is -0.0703. The molecule has 0 heterocycles.